The Morgan fingerprint density at radius 2 is 1.00 bits per heavy atom. The van der Waals surface area contributed by atoms with E-state index in [1.54, 1.807) is 0 Å². The summed E-state index contributed by atoms with van der Waals surface area (Å²) < 4.78 is 7.46. The van der Waals surface area contributed by atoms with Crippen LogP contribution < -0.4 is 4.90 Å². The van der Waals surface area contributed by atoms with Gasteiger partial charge in [0, 0.05) is 74.5 Å². The van der Waals surface area contributed by atoms with Crippen molar-refractivity contribution in [2.75, 3.05) is 4.90 Å². The highest BCUT2D eigenvalue weighted by Gasteiger charge is 2.26. The predicted octanol–water partition coefficient (Wildman–Crippen LogP) is 14.8. The third kappa shape index (κ3) is 4.96. The van der Waals surface area contributed by atoms with Gasteiger partial charge in [-0.15, -0.1) is 0 Å². The Morgan fingerprint density at radius 3 is 1.78 bits per heavy atom. The highest BCUT2D eigenvalue weighted by atomic mass is 15.1. The van der Waals surface area contributed by atoms with Crippen molar-refractivity contribution in [2.45, 2.75) is 34.6 Å². The molecule has 0 unspecified atom stereocenters. The lowest BCUT2D eigenvalue weighted by Gasteiger charge is -2.30. The Labute approximate surface area is 344 Å². The number of nitrogens with zero attached hydrogens (tertiary/aromatic N) is 4. The molecule has 0 N–H and O–H groups in total. The first kappa shape index (κ1) is 35.1. The molecule has 11 aromatic rings. The van der Waals surface area contributed by atoms with Crippen LogP contribution in [0.1, 0.15) is 27.8 Å². The lowest BCUT2D eigenvalue weighted by molar-refractivity contribution is 1.01. The average Bonchev–Trinajstić information content (AvgIpc) is 3.71. The zero-order valence-corrected chi connectivity index (χ0v) is 34.7. The molecule has 11 rings (SSSR count). The van der Waals surface area contributed by atoms with E-state index in [9.17, 15) is 0 Å². The molecule has 3 heterocycles. The topological polar surface area (TPSA) is 18.0 Å². The van der Waals surface area contributed by atoms with Crippen LogP contribution >= 0.6 is 0 Å². The second-order valence-electron chi connectivity index (χ2n) is 16.5. The lowest BCUT2D eigenvalue weighted by Crippen LogP contribution is -2.14. The number of para-hydroxylation sites is 4. The van der Waals surface area contributed by atoms with Crippen molar-refractivity contribution in [3.8, 4) is 5.69 Å². The second-order valence-corrected chi connectivity index (χ2v) is 16.5. The second kappa shape index (κ2) is 13.0. The molecule has 59 heavy (non-hydrogen) atoms. The average molecular weight is 763 g/mol. The summed E-state index contributed by atoms with van der Waals surface area (Å²) in [5.74, 6) is 0. The Balaban J connectivity index is 1.53. The standard InChI is InChI=1S/C55H46N4/c1-33-28-29-34(2)48(30-33)59(39-20-12-9-13-21-39)50-32-49-36(4)51(37(50)5)52-54-44(41-22-14-15-26-47(41)56(54)6)31-45-43-25-16-24-42(53(43)57(7)55(45)52)40-23-17-27-46(35(40)3)58(49)38-18-10-8-11-19-38/h8-32H,1-7H3. The molecule has 0 atom stereocenters. The Hall–Kier alpha value is -7.04. The summed E-state index contributed by atoms with van der Waals surface area (Å²) in [5, 5.41) is 10.1. The number of fused-ring (bicyclic) bond motifs is 11. The minimum absolute atomic E-state index is 1.12. The Kier molecular flexibility index (Phi) is 7.74. The number of aromatic nitrogens is 3. The van der Waals surface area contributed by atoms with Crippen LogP contribution in [0.2, 0.25) is 0 Å². The first-order valence-corrected chi connectivity index (χ1v) is 20.7. The predicted molar refractivity (Wildman–Crippen MR) is 253 cm³/mol. The van der Waals surface area contributed by atoms with Crippen LogP contribution in [0.5, 0.6) is 0 Å². The van der Waals surface area contributed by atoms with Gasteiger partial charge in [-0.25, -0.2) is 0 Å². The molecule has 0 saturated heterocycles. The van der Waals surface area contributed by atoms with Gasteiger partial charge in [-0.3, -0.25) is 0 Å². The maximum Gasteiger partial charge on any atom is 0.0590 e. The third-order valence-corrected chi connectivity index (χ3v) is 13.2. The molecule has 0 aliphatic carbocycles. The summed E-state index contributed by atoms with van der Waals surface area (Å²) in [4.78, 5) is 2.50. The van der Waals surface area contributed by atoms with E-state index in [2.05, 4.69) is 219 Å². The molecular formula is C55H46N4. The van der Waals surface area contributed by atoms with Gasteiger partial charge in [-0.2, -0.15) is 0 Å². The van der Waals surface area contributed by atoms with Crippen molar-refractivity contribution in [1.82, 2.24) is 13.7 Å². The normalized spacial score (nSPS) is 12.0. The van der Waals surface area contributed by atoms with Crippen LogP contribution in [-0.4, -0.2) is 13.7 Å². The van der Waals surface area contributed by atoms with Gasteiger partial charge < -0.3 is 18.6 Å². The number of rotatable bonds is 4. The van der Waals surface area contributed by atoms with E-state index in [4.69, 9.17) is 0 Å². The van der Waals surface area contributed by atoms with Crippen LogP contribution in [0, 0.1) is 34.6 Å². The lowest BCUT2D eigenvalue weighted by atomic mass is 9.94. The van der Waals surface area contributed by atoms with Gasteiger partial charge in [-0.1, -0.05) is 97.1 Å². The summed E-state index contributed by atoms with van der Waals surface area (Å²) in [6, 6.07) is 56.3. The zero-order valence-electron chi connectivity index (χ0n) is 34.7. The van der Waals surface area contributed by atoms with Gasteiger partial charge in [0.25, 0.3) is 0 Å². The Bertz CT molecular complexity index is 3560. The molecule has 6 bridgehead atoms. The molecule has 286 valence electrons. The molecule has 0 radical (unpaired) electrons. The fraction of sp³-hybridized carbons (Fsp3) is 0.127. The van der Waals surface area contributed by atoms with E-state index < -0.39 is 0 Å². The summed E-state index contributed by atoms with van der Waals surface area (Å²) >= 11 is 0. The van der Waals surface area contributed by atoms with Crippen molar-refractivity contribution in [1.29, 1.82) is 0 Å². The highest BCUT2D eigenvalue weighted by molar-refractivity contribution is 6.32. The molecule has 0 spiro atoms. The number of aryl methyl sites for hydroxylation is 7. The minimum atomic E-state index is 1.12. The monoisotopic (exact) mass is 762 g/mol. The fourth-order valence-corrected chi connectivity index (χ4v) is 10.4. The summed E-state index contributed by atoms with van der Waals surface area (Å²) in [6.45, 7) is 11.4. The Morgan fingerprint density at radius 1 is 0.390 bits per heavy atom. The summed E-state index contributed by atoms with van der Waals surface area (Å²) in [5.41, 5.74) is 18.0. The van der Waals surface area contributed by atoms with Crippen LogP contribution in [0.15, 0.2) is 152 Å². The molecule has 8 aromatic carbocycles. The first-order chi connectivity index (χ1) is 28.7. The summed E-state index contributed by atoms with van der Waals surface area (Å²) in [7, 11) is 4.54. The van der Waals surface area contributed by atoms with Crippen molar-refractivity contribution in [2.24, 2.45) is 14.1 Å². The minimum Gasteiger partial charge on any atom is -0.343 e. The number of benzene rings is 8. The van der Waals surface area contributed by atoms with Crippen LogP contribution in [-0.2, 0) is 14.1 Å². The van der Waals surface area contributed by atoms with Gasteiger partial charge >= 0.3 is 0 Å². The van der Waals surface area contributed by atoms with Crippen molar-refractivity contribution in [3.05, 3.63) is 179 Å². The molecule has 0 aliphatic heterocycles. The molecule has 0 saturated carbocycles. The maximum absolute atomic E-state index is 2.52. The fourth-order valence-electron chi connectivity index (χ4n) is 10.4. The van der Waals surface area contributed by atoms with Gasteiger partial charge in [0.2, 0.25) is 0 Å². The molecule has 0 aliphatic rings. The molecule has 4 heteroatoms. The van der Waals surface area contributed by atoms with Gasteiger partial charge in [-0.05, 0) is 128 Å². The SMILES string of the molecule is Cc1ccc(C)c(N(c2ccccc2)c2cc3c(C)c(c2C)c2c4c(cc5c6cccc(c7cccc(c7C)n3-c3ccccc3)c6n(C)c52)c2ccccc2n4C)c1. The largest absolute Gasteiger partial charge is 0.343 e. The highest BCUT2D eigenvalue weighted by Crippen LogP contribution is 2.48. The zero-order chi connectivity index (χ0) is 40.3. The van der Waals surface area contributed by atoms with Gasteiger partial charge in [0.05, 0.1) is 27.8 Å². The quantitative estimate of drug-likeness (QED) is 0.175. The van der Waals surface area contributed by atoms with E-state index in [-0.39, 0.29) is 0 Å². The van der Waals surface area contributed by atoms with Crippen LogP contribution in [0.3, 0.4) is 0 Å². The molecule has 0 fully saturated rings. The van der Waals surface area contributed by atoms with E-state index >= 15 is 0 Å². The van der Waals surface area contributed by atoms with E-state index in [0.717, 1.165) is 28.1 Å². The van der Waals surface area contributed by atoms with E-state index in [1.165, 1.54) is 98.7 Å². The van der Waals surface area contributed by atoms with Crippen LogP contribution in [0.25, 0.3) is 81.9 Å². The van der Waals surface area contributed by atoms with Crippen molar-refractivity contribution >= 4 is 93.3 Å². The van der Waals surface area contributed by atoms with Gasteiger partial charge in [0.1, 0.15) is 0 Å². The first-order valence-electron chi connectivity index (χ1n) is 20.7. The van der Waals surface area contributed by atoms with Gasteiger partial charge in [0.15, 0.2) is 0 Å². The molecular weight excluding hydrogens is 717 g/mol. The van der Waals surface area contributed by atoms with E-state index in [1.807, 2.05) is 0 Å². The van der Waals surface area contributed by atoms with E-state index in [0.29, 0.717) is 0 Å². The molecule has 0 amide bonds. The number of hydrogen-bond donors (Lipinski definition) is 0. The smallest absolute Gasteiger partial charge is 0.0590 e. The summed E-state index contributed by atoms with van der Waals surface area (Å²) in [6.07, 6.45) is 0. The number of anilines is 3. The third-order valence-electron chi connectivity index (χ3n) is 13.2. The maximum atomic E-state index is 2.52. The number of hydrogen-bond acceptors (Lipinski definition) is 1. The van der Waals surface area contributed by atoms with Crippen molar-refractivity contribution in [3.63, 3.8) is 0 Å². The molecule has 4 nitrogen and oxygen atoms in total. The molecule has 3 aromatic heterocycles. The van der Waals surface area contributed by atoms with Crippen LogP contribution in [0.4, 0.5) is 17.1 Å². The van der Waals surface area contributed by atoms with Crippen molar-refractivity contribution < 1.29 is 0 Å².